The van der Waals surface area contributed by atoms with E-state index < -0.39 is 60.2 Å². The topological polar surface area (TPSA) is 80.8 Å². The predicted molar refractivity (Wildman–Crippen MR) is 107 cm³/mol. The summed E-state index contributed by atoms with van der Waals surface area (Å²) >= 11 is 5.88. The Kier molecular flexibility index (Phi) is 5.12. The van der Waals surface area contributed by atoms with E-state index in [0.717, 1.165) is 22.7 Å². The van der Waals surface area contributed by atoms with E-state index in [0.29, 0.717) is 5.02 Å². The molecule has 1 fully saturated rings. The van der Waals surface area contributed by atoms with Crippen molar-refractivity contribution in [3.8, 4) is 5.75 Å². The average molecular weight is 478 g/mol. The third-order valence-electron chi connectivity index (χ3n) is 5.71. The van der Waals surface area contributed by atoms with Gasteiger partial charge >= 0.3 is 0 Å². The van der Waals surface area contributed by atoms with Gasteiger partial charge in [0.05, 0.1) is 22.8 Å². The Bertz CT molecular complexity index is 1220. The Balaban J connectivity index is 2.08. The number of halogens is 3. The molecule has 0 unspecified atom stereocenters. The minimum atomic E-state index is -4.40. The van der Waals surface area contributed by atoms with Gasteiger partial charge in [-0.15, -0.1) is 0 Å². The molecule has 0 aliphatic carbocycles. The zero-order valence-corrected chi connectivity index (χ0v) is 18.2. The molecular weight excluding hydrogens is 460 g/mol. The minimum Gasteiger partial charge on any atom is -0.488 e. The fourth-order valence-corrected chi connectivity index (χ4v) is 8.16. The number of ether oxygens (including phenoxy) is 1. The van der Waals surface area contributed by atoms with Crippen molar-refractivity contribution >= 4 is 31.5 Å². The van der Waals surface area contributed by atoms with Gasteiger partial charge < -0.3 is 4.74 Å². The van der Waals surface area contributed by atoms with Gasteiger partial charge in [0.15, 0.2) is 21.4 Å². The minimum absolute atomic E-state index is 0.0526. The summed E-state index contributed by atoms with van der Waals surface area (Å²) in [6, 6.07) is 5.72. The summed E-state index contributed by atoms with van der Waals surface area (Å²) in [7, 11) is -8.26. The van der Waals surface area contributed by atoms with Crippen LogP contribution >= 0.6 is 11.6 Å². The Morgan fingerprint density at radius 2 is 1.70 bits per heavy atom. The van der Waals surface area contributed by atoms with Crippen LogP contribution in [-0.2, 0) is 24.6 Å². The van der Waals surface area contributed by atoms with Crippen molar-refractivity contribution in [3.05, 3.63) is 58.6 Å². The van der Waals surface area contributed by atoms with E-state index in [1.165, 1.54) is 24.3 Å². The van der Waals surface area contributed by atoms with Gasteiger partial charge in [-0.3, -0.25) is 0 Å². The van der Waals surface area contributed by atoms with E-state index in [-0.39, 0.29) is 24.3 Å². The first-order valence-electron chi connectivity index (χ1n) is 9.08. The van der Waals surface area contributed by atoms with Crippen LogP contribution in [0.3, 0.4) is 0 Å². The summed E-state index contributed by atoms with van der Waals surface area (Å²) < 4.78 is 86.8. The van der Waals surface area contributed by atoms with E-state index in [9.17, 15) is 21.2 Å². The highest BCUT2D eigenvalue weighted by Gasteiger charge is 2.62. The molecule has 2 atom stereocenters. The molecule has 30 heavy (non-hydrogen) atoms. The van der Waals surface area contributed by atoms with Gasteiger partial charge in [0.25, 0.3) is 0 Å². The highest BCUT2D eigenvalue weighted by atomic mass is 35.5. The van der Waals surface area contributed by atoms with Crippen LogP contribution in [0.25, 0.3) is 0 Å². The molecule has 4 rings (SSSR count). The molecule has 0 amide bonds. The second kappa shape index (κ2) is 7.15. The summed E-state index contributed by atoms with van der Waals surface area (Å²) in [6.45, 7) is -0.371. The lowest BCUT2D eigenvalue weighted by Crippen LogP contribution is -2.64. The molecule has 2 aliphatic rings. The number of hydrogen-bond acceptors (Lipinski definition) is 5. The summed E-state index contributed by atoms with van der Waals surface area (Å²) in [5.74, 6) is -2.38. The lowest BCUT2D eigenvalue weighted by molar-refractivity contribution is 0.0988. The van der Waals surface area contributed by atoms with E-state index >= 15 is 4.39 Å². The van der Waals surface area contributed by atoms with Crippen LogP contribution in [0.5, 0.6) is 5.75 Å². The smallest absolute Gasteiger partial charge is 0.211 e. The number of rotatable bonds is 3. The van der Waals surface area contributed by atoms with Crippen molar-refractivity contribution in [2.45, 2.75) is 28.5 Å². The van der Waals surface area contributed by atoms with Crippen molar-refractivity contribution in [3.63, 3.8) is 0 Å². The number of nitrogens with zero attached hydrogens (tertiary/aromatic N) is 1. The van der Waals surface area contributed by atoms with Gasteiger partial charge in [-0.2, -0.15) is 4.31 Å². The van der Waals surface area contributed by atoms with Crippen LogP contribution in [0.2, 0.25) is 5.02 Å². The quantitative estimate of drug-likeness (QED) is 0.678. The highest BCUT2D eigenvalue weighted by molar-refractivity contribution is 7.92. The van der Waals surface area contributed by atoms with Crippen LogP contribution in [0.15, 0.2) is 41.3 Å². The van der Waals surface area contributed by atoms with E-state index in [4.69, 9.17) is 16.3 Å². The van der Waals surface area contributed by atoms with Crippen molar-refractivity contribution in [2.75, 3.05) is 19.4 Å². The molecule has 2 heterocycles. The van der Waals surface area contributed by atoms with Crippen molar-refractivity contribution in [1.29, 1.82) is 0 Å². The molecule has 0 spiro atoms. The first kappa shape index (κ1) is 21.5. The predicted octanol–water partition coefficient (Wildman–Crippen LogP) is 3.10. The van der Waals surface area contributed by atoms with Gasteiger partial charge in [-0.1, -0.05) is 11.6 Å². The summed E-state index contributed by atoms with van der Waals surface area (Å²) in [5.41, 5.74) is -0.470. The van der Waals surface area contributed by atoms with E-state index in [1.54, 1.807) is 0 Å². The van der Waals surface area contributed by atoms with E-state index in [1.807, 2.05) is 0 Å². The van der Waals surface area contributed by atoms with Crippen LogP contribution in [0.1, 0.15) is 18.4 Å². The first-order chi connectivity index (χ1) is 14.0. The lowest BCUT2D eigenvalue weighted by Gasteiger charge is -2.50. The monoisotopic (exact) mass is 477 g/mol. The molecule has 0 saturated carbocycles. The van der Waals surface area contributed by atoms with E-state index in [2.05, 4.69) is 0 Å². The first-order valence-corrected chi connectivity index (χ1v) is 12.8. The third kappa shape index (κ3) is 3.04. The standard InChI is InChI=1S/C19H18ClF2NO5S2/c1-29(24,25)23-10-2-9-19(30(26,27)13-5-3-12(20)4-6-13)16(23)11-28-18-15(22)8-7-14(21)17(18)19/h3-8,16H,2,9-11H2,1H3/t16-,19+/m0/s1. The number of sulfonamides is 1. The highest BCUT2D eigenvalue weighted by Crippen LogP contribution is 2.54. The van der Waals surface area contributed by atoms with Crippen LogP contribution in [-0.4, -0.2) is 46.6 Å². The van der Waals surface area contributed by atoms with Gasteiger partial charge in [0.2, 0.25) is 10.0 Å². The number of benzene rings is 2. The van der Waals surface area contributed by atoms with Crippen LogP contribution in [0.4, 0.5) is 8.78 Å². The number of hydrogen-bond donors (Lipinski definition) is 0. The van der Waals surface area contributed by atoms with Gasteiger partial charge in [-0.05, 0) is 49.2 Å². The second-order valence-corrected chi connectivity index (χ2v) is 12.0. The van der Waals surface area contributed by atoms with Crippen molar-refractivity contribution < 1.29 is 30.4 Å². The normalized spacial score (nSPS) is 24.6. The molecule has 0 bridgehead atoms. The largest absolute Gasteiger partial charge is 0.488 e. The fraction of sp³-hybridized carbons (Fsp3) is 0.368. The summed E-state index contributed by atoms with van der Waals surface area (Å²) in [6.07, 6.45) is 1.01. The summed E-state index contributed by atoms with van der Waals surface area (Å²) in [5, 5.41) is 0.300. The maximum absolute atomic E-state index is 15.1. The molecule has 2 aliphatic heterocycles. The fourth-order valence-electron chi connectivity index (χ4n) is 4.46. The van der Waals surface area contributed by atoms with Crippen molar-refractivity contribution in [2.24, 2.45) is 0 Å². The molecule has 11 heteroatoms. The molecule has 162 valence electrons. The number of piperidine rings is 1. The lowest BCUT2D eigenvalue weighted by atomic mass is 9.81. The second-order valence-electron chi connectivity index (χ2n) is 7.38. The van der Waals surface area contributed by atoms with Gasteiger partial charge in [-0.25, -0.2) is 25.6 Å². The maximum atomic E-state index is 15.1. The molecule has 0 N–H and O–H groups in total. The Morgan fingerprint density at radius 3 is 2.33 bits per heavy atom. The summed E-state index contributed by atoms with van der Waals surface area (Å²) in [4.78, 5) is -0.163. The SMILES string of the molecule is CS(=O)(=O)N1CCC[C@]2(S(=O)(=O)c3ccc(Cl)cc3)c3c(F)ccc(F)c3OC[C@H]12. The molecule has 2 aromatic rings. The molecule has 0 radical (unpaired) electrons. The Morgan fingerprint density at radius 1 is 1.07 bits per heavy atom. The number of sulfone groups is 1. The zero-order valence-electron chi connectivity index (χ0n) is 15.8. The molecule has 0 aromatic heterocycles. The zero-order chi connectivity index (χ0) is 21.9. The molecule has 6 nitrogen and oxygen atoms in total. The van der Waals surface area contributed by atoms with Crippen molar-refractivity contribution in [1.82, 2.24) is 4.31 Å². The number of fused-ring (bicyclic) bond motifs is 3. The van der Waals surface area contributed by atoms with Crippen LogP contribution in [0, 0.1) is 11.6 Å². The van der Waals surface area contributed by atoms with Gasteiger partial charge in [0, 0.05) is 11.6 Å². The van der Waals surface area contributed by atoms with Gasteiger partial charge in [0.1, 0.15) is 17.2 Å². The Labute approximate surface area is 178 Å². The van der Waals surface area contributed by atoms with Crippen LogP contribution < -0.4 is 4.74 Å². The molecule has 1 saturated heterocycles. The Hall–Kier alpha value is -1.75. The molecular formula is C19H18ClF2NO5S2. The third-order valence-corrected chi connectivity index (χ3v) is 9.78. The molecule has 2 aromatic carbocycles. The average Bonchev–Trinajstić information content (AvgIpc) is 2.69. The maximum Gasteiger partial charge on any atom is 0.211 e.